The number of aryl methyl sites for hydroxylation is 1. The summed E-state index contributed by atoms with van der Waals surface area (Å²) in [4.78, 5) is 15.8. The summed E-state index contributed by atoms with van der Waals surface area (Å²) in [5.74, 6) is 1.15. The van der Waals surface area contributed by atoms with Crippen LogP contribution in [0.3, 0.4) is 0 Å². The molecule has 2 aromatic heterocycles. The third kappa shape index (κ3) is 3.45. The van der Waals surface area contributed by atoms with Gasteiger partial charge in [0.25, 0.3) is 0 Å². The van der Waals surface area contributed by atoms with Crippen LogP contribution in [0.15, 0.2) is 54.7 Å². The van der Waals surface area contributed by atoms with Gasteiger partial charge < -0.3 is 4.74 Å². The minimum atomic E-state index is -0.00992. The molecule has 23 heavy (non-hydrogen) atoms. The zero-order chi connectivity index (χ0) is 16.2. The lowest BCUT2D eigenvalue weighted by Crippen LogP contribution is -2.06. The topological polar surface area (TPSA) is 57.0 Å². The van der Waals surface area contributed by atoms with E-state index in [0.717, 1.165) is 11.3 Å². The maximum atomic E-state index is 11.5. The maximum Gasteiger partial charge on any atom is 0.218 e. The summed E-state index contributed by atoms with van der Waals surface area (Å²) in [5, 5.41) is 4.41. The molecule has 0 aliphatic carbocycles. The normalized spacial score (nSPS) is 10.5. The van der Waals surface area contributed by atoms with Gasteiger partial charge in [-0.15, -0.1) is 0 Å². The van der Waals surface area contributed by atoms with Crippen LogP contribution in [0.25, 0.3) is 5.82 Å². The van der Waals surface area contributed by atoms with E-state index >= 15 is 0 Å². The van der Waals surface area contributed by atoms with Crippen molar-refractivity contribution in [1.29, 1.82) is 0 Å². The summed E-state index contributed by atoms with van der Waals surface area (Å²) in [7, 11) is 0. The number of nitrogens with zero attached hydrogens (tertiary/aromatic N) is 3. The molecule has 0 saturated carbocycles. The number of pyridine rings is 1. The van der Waals surface area contributed by atoms with Gasteiger partial charge in [0.15, 0.2) is 11.6 Å². The number of hydrogen-bond donors (Lipinski definition) is 0. The second kappa shape index (κ2) is 6.44. The van der Waals surface area contributed by atoms with E-state index in [1.807, 2.05) is 43.3 Å². The number of ketones is 1. The molecule has 0 bridgehead atoms. The van der Waals surface area contributed by atoms with E-state index in [0.29, 0.717) is 23.9 Å². The van der Waals surface area contributed by atoms with Crippen molar-refractivity contribution in [3.05, 3.63) is 71.5 Å². The van der Waals surface area contributed by atoms with Gasteiger partial charge in [-0.05, 0) is 31.5 Å². The first-order chi connectivity index (χ1) is 11.1. The Morgan fingerprint density at radius 1 is 1.17 bits per heavy atom. The van der Waals surface area contributed by atoms with Gasteiger partial charge in [0.05, 0.1) is 5.69 Å². The lowest BCUT2D eigenvalue weighted by molar-refractivity contribution is 0.101. The fourth-order valence-electron chi connectivity index (χ4n) is 2.23. The molecule has 5 nitrogen and oxygen atoms in total. The average molecular weight is 307 g/mol. The highest BCUT2D eigenvalue weighted by Crippen LogP contribution is 2.20. The van der Waals surface area contributed by atoms with Gasteiger partial charge in [-0.1, -0.05) is 30.3 Å². The number of benzene rings is 1. The van der Waals surface area contributed by atoms with Gasteiger partial charge in [0.2, 0.25) is 5.88 Å². The third-order valence-electron chi connectivity index (χ3n) is 3.40. The summed E-state index contributed by atoms with van der Waals surface area (Å²) in [6.07, 6.45) is 1.60. The molecule has 0 radical (unpaired) electrons. The number of ether oxygens (including phenoxy) is 1. The highest BCUT2D eigenvalue weighted by molar-refractivity contribution is 5.94. The molecule has 0 amide bonds. The van der Waals surface area contributed by atoms with Crippen molar-refractivity contribution in [2.24, 2.45) is 0 Å². The molecule has 0 atom stereocenters. The number of Topliss-reactive ketones (excluding diaryl/α,β-unsaturated/α-hetero) is 1. The Hall–Kier alpha value is -2.95. The SMILES string of the molecule is CC(=O)c1ccnc(-n2nc(C)cc2OCc2ccccc2)c1. The Morgan fingerprint density at radius 2 is 1.96 bits per heavy atom. The highest BCUT2D eigenvalue weighted by atomic mass is 16.5. The minimum absolute atomic E-state index is 0.00992. The number of aromatic nitrogens is 3. The van der Waals surface area contributed by atoms with E-state index in [1.54, 1.807) is 23.0 Å². The molecule has 0 saturated heterocycles. The van der Waals surface area contributed by atoms with E-state index in [-0.39, 0.29) is 5.78 Å². The van der Waals surface area contributed by atoms with Crippen LogP contribution in [0, 0.1) is 6.92 Å². The molecular weight excluding hydrogens is 290 g/mol. The molecule has 1 aromatic carbocycles. The highest BCUT2D eigenvalue weighted by Gasteiger charge is 2.11. The van der Waals surface area contributed by atoms with Crippen molar-refractivity contribution in [2.45, 2.75) is 20.5 Å². The van der Waals surface area contributed by atoms with Crippen molar-refractivity contribution in [3.63, 3.8) is 0 Å². The maximum absolute atomic E-state index is 11.5. The Labute approximate surface area is 134 Å². The molecule has 5 heteroatoms. The Bertz CT molecular complexity index is 825. The Kier molecular flexibility index (Phi) is 4.19. The van der Waals surface area contributed by atoms with Gasteiger partial charge in [0.1, 0.15) is 6.61 Å². The van der Waals surface area contributed by atoms with Crippen molar-refractivity contribution in [2.75, 3.05) is 0 Å². The van der Waals surface area contributed by atoms with Crippen LogP contribution in [0.1, 0.15) is 28.5 Å². The summed E-state index contributed by atoms with van der Waals surface area (Å²) >= 11 is 0. The predicted molar refractivity (Wildman–Crippen MR) is 86.9 cm³/mol. The van der Waals surface area contributed by atoms with Crippen molar-refractivity contribution >= 4 is 5.78 Å². The van der Waals surface area contributed by atoms with Gasteiger partial charge in [-0.3, -0.25) is 4.79 Å². The summed E-state index contributed by atoms with van der Waals surface area (Å²) in [6.45, 7) is 3.86. The fraction of sp³-hybridized carbons (Fsp3) is 0.167. The molecule has 3 rings (SSSR count). The lowest BCUT2D eigenvalue weighted by atomic mass is 10.2. The zero-order valence-corrected chi connectivity index (χ0v) is 13.1. The molecule has 0 N–H and O–H groups in total. The van der Waals surface area contributed by atoms with Crippen LogP contribution in [0.4, 0.5) is 0 Å². The molecule has 116 valence electrons. The van der Waals surface area contributed by atoms with Crippen LogP contribution in [-0.2, 0) is 6.61 Å². The van der Waals surface area contributed by atoms with Crippen LogP contribution in [0.5, 0.6) is 5.88 Å². The molecule has 0 aliphatic rings. The third-order valence-corrected chi connectivity index (χ3v) is 3.40. The Morgan fingerprint density at radius 3 is 2.70 bits per heavy atom. The quantitative estimate of drug-likeness (QED) is 0.678. The first kappa shape index (κ1) is 15.0. The molecule has 0 spiro atoms. The van der Waals surface area contributed by atoms with Crippen LogP contribution in [-0.4, -0.2) is 20.5 Å². The largest absolute Gasteiger partial charge is 0.473 e. The first-order valence-corrected chi connectivity index (χ1v) is 7.34. The monoisotopic (exact) mass is 307 g/mol. The Balaban J connectivity index is 1.88. The second-order valence-electron chi connectivity index (χ2n) is 5.27. The molecule has 2 heterocycles. The lowest BCUT2D eigenvalue weighted by Gasteiger charge is -2.09. The second-order valence-corrected chi connectivity index (χ2v) is 5.27. The van der Waals surface area contributed by atoms with Crippen LogP contribution in [0.2, 0.25) is 0 Å². The standard InChI is InChI=1S/C18H17N3O2/c1-13-10-18(23-12-15-6-4-3-5-7-15)21(20-13)17-11-16(14(2)22)8-9-19-17/h3-11H,12H2,1-2H3. The van der Waals surface area contributed by atoms with E-state index in [1.165, 1.54) is 6.92 Å². The summed E-state index contributed by atoms with van der Waals surface area (Å²) < 4.78 is 7.49. The number of rotatable bonds is 5. The van der Waals surface area contributed by atoms with Crippen molar-refractivity contribution < 1.29 is 9.53 Å². The van der Waals surface area contributed by atoms with Crippen LogP contribution >= 0.6 is 0 Å². The van der Waals surface area contributed by atoms with Crippen LogP contribution < -0.4 is 4.74 Å². The summed E-state index contributed by atoms with van der Waals surface area (Å²) in [6, 6.07) is 15.2. The first-order valence-electron chi connectivity index (χ1n) is 7.34. The van der Waals surface area contributed by atoms with E-state index in [2.05, 4.69) is 10.1 Å². The number of hydrogen-bond acceptors (Lipinski definition) is 4. The van der Waals surface area contributed by atoms with Crippen molar-refractivity contribution in [3.8, 4) is 11.7 Å². The van der Waals surface area contributed by atoms with E-state index in [4.69, 9.17) is 4.74 Å². The van der Waals surface area contributed by atoms with Gasteiger partial charge in [-0.2, -0.15) is 9.78 Å². The van der Waals surface area contributed by atoms with Gasteiger partial charge in [-0.25, -0.2) is 4.98 Å². The summed E-state index contributed by atoms with van der Waals surface area (Å²) in [5.41, 5.74) is 2.49. The predicted octanol–water partition coefficient (Wildman–Crippen LogP) is 3.36. The number of carbonyl (C=O) groups excluding carboxylic acids is 1. The molecule has 0 unspecified atom stereocenters. The molecule has 0 aliphatic heterocycles. The average Bonchev–Trinajstić information content (AvgIpc) is 2.95. The molecule has 0 fully saturated rings. The smallest absolute Gasteiger partial charge is 0.218 e. The fourth-order valence-corrected chi connectivity index (χ4v) is 2.23. The minimum Gasteiger partial charge on any atom is -0.473 e. The molecule has 3 aromatic rings. The van der Waals surface area contributed by atoms with E-state index < -0.39 is 0 Å². The van der Waals surface area contributed by atoms with E-state index in [9.17, 15) is 4.79 Å². The number of carbonyl (C=O) groups is 1. The zero-order valence-electron chi connectivity index (χ0n) is 13.1. The van der Waals surface area contributed by atoms with Gasteiger partial charge >= 0.3 is 0 Å². The molecular formula is C18H17N3O2. The van der Waals surface area contributed by atoms with Gasteiger partial charge in [0, 0.05) is 17.8 Å². The van der Waals surface area contributed by atoms with Crippen molar-refractivity contribution in [1.82, 2.24) is 14.8 Å².